The maximum atomic E-state index is 10.8. The number of hydrogen-bond donors (Lipinski definition) is 0. The van der Waals surface area contributed by atoms with Gasteiger partial charge in [-0.3, -0.25) is 4.79 Å². The number of pyridine rings is 1. The summed E-state index contributed by atoms with van der Waals surface area (Å²) in [6.45, 7) is 2.04. The molecule has 72 valence electrons. The highest BCUT2D eigenvalue weighted by Crippen LogP contribution is 2.21. The van der Waals surface area contributed by atoms with Gasteiger partial charge in [-0.1, -0.05) is 6.92 Å². The summed E-state index contributed by atoms with van der Waals surface area (Å²) in [6.07, 6.45) is 3.61. The lowest BCUT2D eigenvalue weighted by molar-refractivity contribution is 0.112. The second-order valence-corrected chi connectivity index (χ2v) is 3.72. The lowest BCUT2D eigenvalue weighted by Gasteiger charge is -1.99. The van der Waals surface area contributed by atoms with E-state index in [2.05, 4.69) is 20.9 Å². The quantitative estimate of drug-likeness (QED) is 0.770. The number of halogens is 1. The number of hydrogen-bond acceptors (Lipinski definition) is 2. The Hall–Kier alpha value is -1.16. The molecule has 0 aliphatic heterocycles. The van der Waals surface area contributed by atoms with Crippen LogP contribution in [0.1, 0.15) is 23.1 Å². The van der Waals surface area contributed by atoms with Gasteiger partial charge in [-0.05, 0) is 28.1 Å². The largest absolute Gasteiger partial charge is 0.302 e. The predicted octanol–water partition coefficient (Wildman–Crippen LogP) is 2.47. The zero-order valence-electron chi connectivity index (χ0n) is 7.70. The van der Waals surface area contributed by atoms with Crippen molar-refractivity contribution in [2.75, 3.05) is 0 Å². The van der Waals surface area contributed by atoms with Crippen molar-refractivity contribution in [2.45, 2.75) is 13.3 Å². The minimum atomic E-state index is 0.659. The van der Waals surface area contributed by atoms with Crippen LogP contribution >= 0.6 is 15.9 Å². The molecule has 0 saturated heterocycles. The van der Waals surface area contributed by atoms with Gasteiger partial charge in [0, 0.05) is 18.2 Å². The Labute approximate surface area is 89.9 Å². The Balaban J connectivity index is 2.87. The van der Waals surface area contributed by atoms with Crippen molar-refractivity contribution in [3.8, 4) is 0 Å². The average Bonchev–Trinajstić information content (AvgIpc) is 2.55. The van der Waals surface area contributed by atoms with Gasteiger partial charge in [0.1, 0.15) is 10.4 Å². The first-order chi connectivity index (χ1) is 6.77. The van der Waals surface area contributed by atoms with Crippen LogP contribution in [0.15, 0.2) is 22.9 Å². The maximum absolute atomic E-state index is 10.8. The molecule has 0 amide bonds. The van der Waals surface area contributed by atoms with Crippen LogP contribution in [0.5, 0.6) is 0 Å². The molecule has 3 nitrogen and oxygen atoms in total. The fourth-order valence-corrected chi connectivity index (χ4v) is 2.15. The highest BCUT2D eigenvalue weighted by atomic mass is 79.9. The van der Waals surface area contributed by atoms with E-state index in [0.29, 0.717) is 5.56 Å². The van der Waals surface area contributed by atoms with Gasteiger partial charge in [-0.2, -0.15) is 0 Å². The molecule has 0 spiro atoms. The first-order valence-electron chi connectivity index (χ1n) is 4.38. The SMILES string of the molecule is CCc1nc(Br)c2c(C=O)cccn12. The average molecular weight is 253 g/mol. The normalized spacial score (nSPS) is 10.7. The molecule has 0 fully saturated rings. The van der Waals surface area contributed by atoms with E-state index in [1.807, 2.05) is 23.6 Å². The van der Waals surface area contributed by atoms with Crippen LogP contribution in [0.3, 0.4) is 0 Å². The highest BCUT2D eigenvalue weighted by molar-refractivity contribution is 9.10. The molecule has 14 heavy (non-hydrogen) atoms. The summed E-state index contributed by atoms with van der Waals surface area (Å²) < 4.78 is 2.67. The molecule has 2 aromatic heterocycles. The summed E-state index contributed by atoms with van der Waals surface area (Å²) in [7, 11) is 0. The summed E-state index contributed by atoms with van der Waals surface area (Å²) >= 11 is 3.36. The Morgan fingerprint density at radius 1 is 1.64 bits per heavy atom. The first-order valence-corrected chi connectivity index (χ1v) is 5.17. The lowest BCUT2D eigenvalue weighted by atomic mass is 10.2. The summed E-state index contributed by atoms with van der Waals surface area (Å²) in [5, 5.41) is 0. The number of carbonyl (C=O) groups is 1. The van der Waals surface area contributed by atoms with Crippen LogP contribution < -0.4 is 0 Å². The van der Waals surface area contributed by atoms with Crippen LogP contribution in [0, 0.1) is 0 Å². The van der Waals surface area contributed by atoms with Crippen LogP contribution in [0.2, 0.25) is 0 Å². The smallest absolute Gasteiger partial charge is 0.152 e. The molecule has 0 N–H and O–H groups in total. The van der Waals surface area contributed by atoms with E-state index >= 15 is 0 Å². The summed E-state index contributed by atoms with van der Waals surface area (Å²) in [5.41, 5.74) is 1.51. The third kappa shape index (κ3) is 1.26. The Kier molecular flexibility index (Phi) is 2.37. The number of imidazole rings is 1. The Morgan fingerprint density at radius 3 is 3.07 bits per heavy atom. The molecule has 0 aliphatic rings. The van der Waals surface area contributed by atoms with Gasteiger partial charge in [-0.25, -0.2) is 4.98 Å². The zero-order chi connectivity index (χ0) is 10.1. The van der Waals surface area contributed by atoms with Crippen molar-refractivity contribution in [1.29, 1.82) is 0 Å². The van der Waals surface area contributed by atoms with E-state index in [1.54, 1.807) is 6.07 Å². The van der Waals surface area contributed by atoms with E-state index in [0.717, 1.165) is 28.7 Å². The Bertz CT molecular complexity index is 490. The van der Waals surface area contributed by atoms with Crippen molar-refractivity contribution in [3.63, 3.8) is 0 Å². The van der Waals surface area contributed by atoms with E-state index < -0.39 is 0 Å². The van der Waals surface area contributed by atoms with E-state index in [1.165, 1.54) is 0 Å². The summed E-state index contributed by atoms with van der Waals surface area (Å²) in [4.78, 5) is 15.1. The predicted molar refractivity (Wildman–Crippen MR) is 57.7 cm³/mol. The van der Waals surface area contributed by atoms with E-state index in [9.17, 15) is 4.79 Å². The van der Waals surface area contributed by atoms with Crippen LogP contribution in [0.25, 0.3) is 5.52 Å². The number of aromatic nitrogens is 2. The number of fused-ring (bicyclic) bond motifs is 1. The van der Waals surface area contributed by atoms with Crippen molar-refractivity contribution in [1.82, 2.24) is 9.38 Å². The molecule has 0 aromatic carbocycles. The minimum Gasteiger partial charge on any atom is -0.302 e. The van der Waals surface area contributed by atoms with Gasteiger partial charge >= 0.3 is 0 Å². The topological polar surface area (TPSA) is 34.4 Å². The molecule has 2 heterocycles. The van der Waals surface area contributed by atoms with Gasteiger partial charge in [0.2, 0.25) is 0 Å². The van der Waals surface area contributed by atoms with Crippen LogP contribution in [-0.2, 0) is 6.42 Å². The zero-order valence-corrected chi connectivity index (χ0v) is 9.28. The summed E-state index contributed by atoms with van der Waals surface area (Å²) in [5.74, 6) is 0.954. The van der Waals surface area contributed by atoms with Crippen molar-refractivity contribution in [2.24, 2.45) is 0 Å². The molecule has 0 saturated carbocycles. The molecular weight excluding hydrogens is 244 g/mol. The first kappa shape index (κ1) is 9.40. The third-order valence-corrected chi connectivity index (χ3v) is 2.72. The van der Waals surface area contributed by atoms with Crippen LogP contribution in [-0.4, -0.2) is 15.7 Å². The number of carbonyl (C=O) groups excluding carboxylic acids is 1. The van der Waals surface area contributed by atoms with Crippen molar-refractivity contribution >= 4 is 27.7 Å². The molecule has 0 aliphatic carbocycles. The Morgan fingerprint density at radius 2 is 2.43 bits per heavy atom. The summed E-state index contributed by atoms with van der Waals surface area (Å²) in [6, 6.07) is 3.64. The third-order valence-electron chi connectivity index (χ3n) is 2.17. The standard InChI is InChI=1S/C10H9BrN2O/c1-2-8-12-10(11)9-7(6-14)4-3-5-13(8)9/h3-6H,2H2,1H3. The molecule has 2 rings (SSSR count). The molecule has 0 unspecified atom stereocenters. The van der Waals surface area contributed by atoms with Crippen LogP contribution in [0.4, 0.5) is 0 Å². The van der Waals surface area contributed by atoms with Gasteiger partial charge in [0.15, 0.2) is 6.29 Å². The van der Waals surface area contributed by atoms with Gasteiger partial charge < -0.3 is 4.40 Å². The van der Waals surface area contributed by atoms with E-state index in [4.69, 9.17) is 0 Å². The second-order valence-electron chi connectivity index (χ2n) is 2.97. The molecule has 0 atom stereocenters. The minimum absolute atomic E-state index is 0.659. The number of rotatable bonds is 2. The second kappa shape index (κ2) is 3.53. The number of aldehydes is 1. The van der Waals surface area contributed by atoms with Crippen molar-refractivity contribution < 1.29 is 4.79 Å². The lowest BCUT2D eigenvalue weighted by Crippen LogP contribution is -1.93. The number of aryl methyl sites for hydroxylation is 1. The van der Waals surface area contributed by atoms with Gasteiger partial charge in [-0.15, -0.1) is 0 Å². The van der Waals surface area contributed by atoms with Gasteiger partial charge in [0.25, 0.3) is 0 Å². The van der Waals surface area contributed by atoms with Crippen molar-refractivity contribution in [3.05, 3.63) is 34.3 Å². The maximum Gasteiger partial charge on any atom is 0.152 e. The molecule has 4 heteroatoms. The fraction of sp³-hybridized carbons (Fsp3) is 0.200. The highest BCUT2D eigenvalue weighted by Gasteiger charge is 2.10. The van der Waals surface area contributed by atoms with Gasteiger partial charge in [0.05, 0.1) is 5.52 Å². The molecule has 2 aromatic rings. The fourth-order valence-electron chi connectivity index (χ4n) is 1.52. The monoisotopic (exact) mass is 252 g/mol. The molecule has 0 bridgehead atoms. The molecular formula is C10H9BrN2O. The number of nitrogens with zero attached hydrogens (tertiary/aromatic N) is 2. The molecule has 0 radical (unpaired) electrons. The van der Waals surface area contributed by atoms with E-state index in [-0.39, 0.29) is 0 Å².